The van der Waals surface area contributed by atoms with Gasteiger partial charge in [0.15, 0.2) is 0 Å². The number of rotatable bonds is 7. The van der Waals surface area contributed by atoms with Crippen LogP contribution in [0, 0.1) is 0 Å². The maximum absolute atomic E-state index is 11.8. The fourth-order valence-corrected chi connectivity index (χ4v) is 2.97. The van der Waals surface area contributed by atoms with E-state index in [1.807, 2.05) is 6.07 Å². The van der Waals surface area contributed by atoms with Gasteiger partial charge in [0.25, 0.3) is 0 Å². The number of hydrogen-bond acceptors (Lipinski definition) is 7. The monoisotopic (exact) mass is 333 g/mol. The maximum atomic E-state index is 11.8. The van der Waals surface area contributed by atoms with E-state index >= 15 is 0 Å². The van der Waals surface area contributed by atoms with Crippen LogP contribution in [0.1, 0.15) is 5.56 Å². The molecule has 1 rings (SSSR count). The fraction of sp³-hybridized carbons (Fsp3) is 0.385. The first kappa shape index (κ1) is 18.3. The number of hydrogen-bond donors (Lipinski definition) is 2. The number of alkyl carbamates (subject to hydrolysis) is 1. The average molecular weight is 333 g/mol. The fourth-order valence-electron chi connectivity index (χ4n) is 1.62. The van der Waals surface area contributed by atoms with Crippen molar-refractivity contribution in [1.82, 2.24) is 5.32 Å². The molecule has 1 aromatic rings. The van der Waals surface area contributed by atoms with Crippen molar-refractivity contribution < 1.29 is 33.0 Å². The third-order valence-electron chi connectivity index (χ3n) is 2.86. The first-order valence-corrected chi connectivity index (χ1v) is 8.18. The summed E-state index contributed by atoms with van der Waals surface area (Å²) < 4.78 is 19.2. The molecule has 0 fully saturated rings. The summed E-state index contributed by atoms with van der Waals surface area (Å²) in [5.41, 5.74) is 0.776. The van der Waals surface area contributed by atoms with Gasteiger partial charge in [0.2, 0.25) is 0 Å². The first-order valence-electron chi connectivity index (χ1n) is 6.34. The first-order chi connectivity index (χ1) is 10.5. The summed E-state index contributed by atoms with van der Waals surface area (Å²) >= 11 is 0. The van der Waals surface area contributed by atoms with Crippen molar-refractivity contribution >= 4 is 20.0 Å². The van der Waals surface area contributed by atoms with E-state index in [2.05, 4.69) is 10.1 Å². The van der Waals surface area contributed by atoms with E-state index in [-0.39, 0.29) is 6.61 Å². The number of amides is 1. The molecule has 0 spiro atoms. The van der Waals surface area contributed by atoms with Crippen LogP contribution in [0.15, 0.2) is 30.3 Å². The minimum atomic E-state index is -3.97. The summed E-state index contributed by atoms with van der Waals surface area (Å²) in [4.78, 5) is 33.6. The quantitative estimate of drug-likeness (QED) is 0.570. The molecule has 1 unspecified atom stereocenters. The molecule has 0 saturated heterocycles. The Labute approximate surface area is 128 Å². The van der Waals surface area contributed by atoms with Crippen LogP contribution in [0.3, 0.4) is 0 Å². The zero-order valence-corrected chi connectivity index (χ0v) is 13.6. The molecule has 1 amide bonds. The number of benzene rings is 1. The van der Waals surface area contributed by atoms with Crippen LogP contribution in [0.2, 0.25) is 0 Å². The van der Waals surface area contributed by atoms with Crippen molar-refractivity contribution in [2.24, 2.45) is 0 Å². The molecule has 9 heteroatoms. The Balaban J connectivity index is 2.69. The molecule has 124 valence electrons. The van der Waals surface area contributed by atoms with E-state index in [1.54, 1.807) is 24.3 Å². The van der Waals surface area contributed by atoms with E-state index in [1.165, 1.54) is 14.2 Å². The van der Waals surface area contributed by atoms with Crippen LogP contribution >= 0.6 is 7.94 Å². The number of esters is 1. The molecule has 0 saturated carbocycles. The zero-order chi connectivity index (χ0) is 16.6. The summed E-state index contributed by atoms with van der Waals surface area (Å²) in [5, 5.41) is 2.21. The van der Waals surface area contributed by atoms with E-state index in [4.69, 9.17) is 13.8 Å². The molecule has 0 radical (unpaired) electrons. The molecule has 0 aliphatic heterocycles. The van der Waals surface area contributed by atoms with Gasteiger partial charge in [-0.1, -0.05) is 0 Å². The van der Waals surface area contributed by atoms with Gasteiger partial charge in [-0.25, -0.2) is 0 Å². The van der Waals surface area contributed by atoms with Crippen LogP contribution in [0.25, 0.3) is 0 Å². The summed E-state index contributed by atoms with van der Waals surface area (Å²) in [6, 6.07) is 8.99. The number of methoxy groups -OCH3 is 1. The van der Waals surface area contributed by atoms with E-state index in [9.17, 15) is 14.5 Å². The Morgan fingerprint density at radius 3 is 2.27 bits per heavy atom. The topological polar surface area (TPSA) is 103 Å². The second-order valence-electron chi connectivity index (χ2n) is 4.20. The van der Waals surface area contributed by atoms with Gasteiger partial charge in [0, 0.05) is 0 Å². The summed E-state index contributed by atoms with van der Waals surface area (Å²) in [7, 11) is -0.512. The predicted molar refractivity (Wildman–Crippen MR) is 80.1 cm³/mol. The molecule has 22 heavy (non-hydrogen) atoms. The van der Waals surface area contributed by atoms with Gasteiger partial charge in [0.1, 0.15) is 0 Å². The predicted octanol–water partition coefficient (Wildman–Crippen LogP) is 1.19. The molecular weight excluding hydrogens is 313 g/mol. The van der Waals surface area contributed by atoms with E-state index in [0.717, 1.165) is 12.7 Å². The Hall–Kier alpha value is -1.73. The molecule has 0 heterocycles. The van der Waals surface area contributed by atoms with Crippen molar-refractivity contribution in [2.45, 2.75) is 12.4 Å². The summed E-state index contributed by atoms with van der Waals surface area (Å²) in [6.45, 7) is 0.0144. The Kier molecular flexibility index (Phi) is 7.20. The number of nitrogens with one attached hydrogen (secondary N) is 1. The van der Waals surface area contributed by atoms with E-state index < -0.39 is 25.8 Å². The van der Waals surface area contributed by atoms with Crippen LogP contribution in [0.4, 0.5) is 4.79 Å². The minimum absolute atomic E-state index is 0.0144. The SMILES string of the molecule is COC(=O)C(NC(=O)OCc1ccccc1)[PH](O)(OC)OC. The normalized spacial score (nSPS) is 13.1. The van der Waals surface area contributed by atoms with Crippen LogP contribution in [-0.4, -0.2) is 44.1 Å². The standard InChI is InChI=1S/C13H20NO7P/c1-18-12(15)11(22(17,19-2)20-3)14-13(16)21-9-10-7-5-4-6-8-10/h4-8,11,17,22H,9H2,1-3H3,(H,14,16). The van der Waals surface area contributed by atoms with Crippen molar-refractivity contribution in [3.05, 3.63) is 35.9 Å². The number of carbonyl (C=O) groups is 2. The average Bonchev–Trinajstić information content (AvgIpc) is 2.57. The Bertz CT molecular complexity index is 492. The second kappa shape index (κ2) is 8.65. The van der Waals surface area contributed by atoms with Crippen molar-refractivity contribution in [1.29, 1.82) is 0 Å². The molecule has 0 aromatic heterocycles. The van der Waals surface area contributed by atoms with E-state index in [0.29, 0.717) is 0 Å². The number of ether oxygens (including phenoxy) is 2. The molecule has 0 aliphatic rings. The summed E-state index contributed by atoms with van der Waals surface area (Å²) in [6.07, 6.45) is -0.903. The van der Waals surface area contributed by atoms with Gasteiger partial charge >= 0.3 is 128 Å². The molecule has 1 aromatic carbocycles. The van der Waals surface area contributed by atoms with Gasteiger partial charge in [-0.2, -0.15) is 0 Å². The zero-order valence-electron chi connectivity index (χ0n) is 12.6. The molecule has 0 aliphatic carbocycles. The van der Waals surface area contributed by atoms with Crippen molar-refractivity contribution in [2.75, 3.05) is 21.3 Å². The second-order valence-corrected chi connectivity index (χ2v) is 6.86. The Morgan fingerprint density at radius 2 is 1.77 bits per heavy atom. The van der Waals surface area contributed by atoms with Crippen molar-refractivity contribution in [3.63, 3.8) is 0 Å². The molecule has 8 nitrogen and oxygen atoms in total. The third-order valence-corrected chi connectivity index (χ3v) is 5.14. The third kappa shape index (κ3) is 4.92. The van der Waals surface area contributed by atoms with Gasteiger partial charge < -0.3 is 0 Å². The molecular formula is C13H20NO7P. The van der Waals surface area contributed by atoms with Crippen LogP contribution in [0.5, 0.6) is 0 Å². The van der Waals surface area contributed by atoms with Gasteiger partial charge in [-0.15, -0.1) is 0 Å². The van der Waals surface area contributed by atoms with Crippen LogP contribution < -0.4 is 5.32 Å². The van der Waals surface area contributed by atoms with Crippen molar-refractivity contribution in [3.8, 4) is 0 Å². The molecule has 2 N–H and O–H groups in total. The Morgan fingerprint density at radius 1 is 1.18 bits per heavy atom. The summed E-state index contributed by atoms with van der Waals surface area (Å²) in [5.74, 6) is -2.37. The van der Waals surface area contributed by atoms with Gasteiger partial charge in [-0.3, -0.25) is 0 Å². The number of carbonyl (C=O) groups excluding carboxylic acids is 2. The molecule has 1 atom stereocenters. The molecule has 0 bridgehead atoms. The van der Waals surface area contributed by atoms with Gasteiger partial charge in [0.05, 0.1) is 0 Å². The van der Waals surface area contributed by atoms with Gasteiger partial charge in [-0.05, 0) is 0 Å². The van der Waals surface area contributed by atoms with Crippen LogP contribution in [-0.2, 0) is 29.9 Å².